The fourth-order valence-corrected chi connectivity index (χ4v) is 4.04. The Labute approximate surface area is 168 Å². The molecule has 28 heavy (non-hydrogen) atoms. The first kappa shape index (κ1) is 22.4. The first-order valence-electron chi connectivity index (χ1n) is 9.75. The number of nitrogens with zero attached hydrogens (tertiary/aromatic N) is 1. The smallest absolute Gasteiger partial charge is 0.240 e. The van der Waals surface area contributed by atoms with Gasteiger partial charge >= 0.3 is 0 Å². The molecule has 156 valence electrons. The number of allylic oxidation sites excluding steroid dienone is 1. The molecule has 1 aliphatic carbocycles. The van der Waals surface area contributed by atoms with Gasteiger partial charge in [-0.1, -0.05) is 23.8 Å². The van der Waals surface area contributed by atoms with Gasteiger partial charge in [0, 0.05) is 33.8 Å². The topological polar surface area (TPSA) is 91.8 Å². The van der Waals surface area contributed by atoms with Crippen LogP contribution in [-0.2, 0) is 21.3 Å². The Balaban J connectivity index is 1.78. The number of hydrogen-bond acceptors (Lipinski definition) is 4. The van der Waals surface area contributed by atoms with Crippen LogP contribution in [-0.4, -0.2) is 48.2 Å². The van der Waals surface area contributed by atoms with E-state index in [2.05, 4.69) is 26.4 Å². The van der Waals surface area contributed by atoms with Crippen LogP contribution in [0.5, 0.6) is 0 Å². The molecule has 0 aliphatic heterocycles. The summed E-state index contributed by atoms with van der Waals surface area (Å²) in [7, 11) is -0.219. The van der Waals surface area contributed by atoms with Crippen molar-refractivity contribution in [2.24, 2.45) is 4.99 Å². The molecule has 3 N–H and O–H groups in total. The van der Waals surface area contributed by atoms with Crippen LogP contribution in [0.3, 0.4) is 0 Å². The van der Waals surface area contributed by atoms with E-state index in [0.717, 1.165) is 24.5 Å². The molecule has 0 spiro atoms. The molecule has 2 rings (SSSR count). The van der Waals surface area contributed by atoms with Gasteiger partial charge in [-0.15, -0.1) is 0 Å². The quantitative estimate of drug-likeness (QED) is 0.239. The lowest BCUT2D eigenvalue weighted by Gasteiger charge is -2.15. The lowest BCUT2D eigenvalue weighted by molar-refractivity contribution is 0.204. The summed E-state index contributed by atoms with van der Waals surface area (Å²) in [5.41, 5.74) is 2.51. The van der Waals surface area contributed by atoms with Crippen LogP contribution in [0.1, 0.15) is 37.7 Å². The standard InChI is InChI=1S/C20H32N4O3S/c1-21-20(22-13-12-17-6-4-3-5-7-17)23-16-18-8-10-19(11-9-18)28(25,26)24-14-15-27-2/h6,8-11,24H,3-5,7,12-16H2,1-2H3,(H2,21,22,23). The third-order valence-electron chi connectivity index (χ3n) is 4.64. The van der Waals surface area contributed by atoms with Crippen LogP contribution in [0.15, 0.2) is 45.8 Å². The van der Waals surface area contributed by atoms with Gasteiger partial charge in [-0.2, -0.15) is 0 Å². The van der Waals surface area contributed by atoms with Crippen LogP contribution >= 0.6 is 0 Å². The predicted octanol–water partition coefficient (Wildman–Crippen LogP) is 2.17. The molecule has 0 fully saturated rings. The van der Waals surface area contributed by atoms with E-state index in [9.17, 15) is 8.42 Å². The number of benzene rings is 1. The minimum atomic E-state index is -3.50. The van der Waals surface area contributed by atoms with Crippen molar-refractivity contribution in [2.75, 3.05) is 33.9 Å². The molecule has 1 aromatic rings. The molecule has 0 radical (unpaired) electrons. The molecule has 1 aromatic carbocycles. The Morgan fingerprint density at radius 1 is 1.14 bits per heavy atom. The average Bonchev–Trinajstić information content (AvgIpc) is 2.72. The molecule has 0 heterocycles. The van der Waals surface area contributed by atoms with Gasteiger partial charge < -0.3 is 15.4 Å². The van der Waals surface area contributed by atoms with Crippen molar-refractivity contribution in [3.05, 3.63) is 41.5 Å². The first-order valence-corrected chi connectivity index (χ1v) is 11.2. The van der Waals surface area contributed by atoms with E-state index in [4.69, 9.17) is 4.74 Å². The van der Waals surface area contributed by atoms with Gasteiger partial charge in [0.15, 0.2) is 5.96 Å². The third-order valence-corrected chi connectivity index (χ3v) is 6.12. The Morgan fingerprint density at radius 2 is 1.93 bits per heavy atom. The summed E-state index contributed by atoms with van der Waals surface area (Å²) in [6.45, 7) is 2.02. The highest BCUT2D eigenvalue weighted by molar-refractivity contribution is 7.89. The number of sulfonamides is 1. The summed E-state index contributed by atoms with van der Waals surface area (Å²) in [6.07, 6.45) is 8.43. The third kappa shape index (κ3) is 7.61. The average molecular weight is 409 g/mol. The molecule has 1 aliphatic rings. The van der Waals surface area contributed by atoms with E-state index >= 15 is 0 Å². The Kier molecular flexibility index (Phi) is 9.46. The zero-order valence-corrected chi connectivity index (χ0v) is 17.6. The second-order valence-corrected chi connectivity index (χ2v) is 8.51. The minimum absolute atomic E-state index is 0.246. The van der Waals surface area contributed by atoms with Crippen molar-refractivity contribution >= 4 is 16.0 Å². The highest BCUT2D eigenvalue weighted by Crippen LogP contribution is 2.19. The van der Waals surface area contributed by atoms with Gasteiger partial charge in [0.1, 0.15) is 0 Å². The first-order chi connectivity index (χ1) is 13.5. The van der Waals surface area contributed by atoms with E-state index in [0.29, 0.717) is 13.2 Å². The normalized spacial score (nSPS) is 15.2. The SMILES string of the molecule is CN=C(NCCC1=CCCCC1)NCc1ccc(S(=O)(=O)NCCOC)cc1. The van der Waals surface area contributed by atoms with Crippen molar-refractivity contribution in [1.29, 1.82) is 0 Å². The highest BCUT2D eigenvalue weighted by atomic mass is 32.2. The Bertz CT molecular complexity index is 758. The number of guanidine groups is 1. The monoisotopic (exact) mass is 408 g/mol. The maximum absolute atomic E-state index is 12.2. The number of ether oxygens (including phenoxy) is 1. The summed E-state index contributed by atoms with van der Waals surface area (Å²) < 4.78 is 31.7. The van der Waals surface area contributed by atoms with E-state index in [-0.39, 0.29) is 11.4 Å². The van der Waals surface area contributed by atoms with Crippen molar-refractivity contribution in [1.82, 2.24) is 15.4 Å². The van der Waals surface area contributed by atoms with E-state index < -0.39 is 10.0 Å². The van der Waals surface area contributed by atoms with E-state index in [1.165, 1.54) is 38.4 Å². The summed E-state index contributed by atoms with van der Waals surface area (Å²) in [6, 6.07) is 6.83. The lowest BCUT2D eigenvalue weighted by Crippen LogP contribution is -2.37. The zero-order valence-electron chi connectivity index (χ0n) is 16.8. The second kappa shape index (κ2) is 11.8. The molecule has 7 nitrogen and oxygen atoms in total. The predicted molar refractivity (Wildman–Crippen MR) is 113 cm³/mol. The van der Waals surface area contributed by atoms with Gasteiger partial charge in [0.25, 0.3) is 0 Å². The van der Waals surface area contributed by atoms with Crippen molar-refractivity contribution in [3.63, 3.8) is 0 Å². The summed E-state index contributed by atoms with van der Waals surface area (Å²) in [5, 5.41) is 6.59. The number of aliphatic imine (C=N–C) groups is 1. The second-order valence-electron chi connectivity index (χ2n) is 6.75. The van der Waals surface area contributed by atoms with E-state index in [1.807, 2.05) is 0 Å². The van der Waals surface area contributed by atoms with Gasteiger partial charge in [0.05, 0.1) is 11.5 Å². The summed E-state index contributed by atoms with van der Waals surface area (Å²) in [4.78, 5) is 4.49. The maximum Gasteiger partial charge on any atom is 0.240 e. The molecular formula is C20H32N4O3S. The number of nitrogens with one attached hydrogen (secondary N) is 3. The molecule has 0 bridgehead atoms. The molecular weight excluding hydrogens is 376 g/mol. The fourth-order valence-electron chi connectivity index (χ4n) is 3.03. The van der Waals surface area contributed by atoms with Gasteiger partial charge in [0.2, 0.25) is 10.0 Å². The van der Waals surface area contributed by atoms with Crippen LogP contribution < -0.4 is 15.4 Å². The molecule has 8 heteroatoms. The van der Waals surface area contributed by atoms with Crippen LogP contribution in [0.4, 0.5) is 0 Å². The number of rotatable bonds is 10. The Hall–Kier alpha value is -1.90. The molecule has 0 unspecified atom stereocenters. The highest BCUT2D eigenvalue weighted by Gasteiger charge is 2.13. The van der Waals surface area contributed by atoms with E-state index in [1.54, 1.807) is 31.3 Å². The van der Waals surface area contributed by atoms with Crippen LogP contribution in [0.25, 0.3) is 0 Å². The number of methoxy groups -OCH3 is 1. The summed E-state index contributed by atoms with van der Waals surface area (Å²) in [5.74, 6) is 0.745. The summed E-state index contributed by atoms with van der Waals surface area (Å²) >= 11 is 0. The largest absolute Gasteiger partial charge is 0.383 e. The van der Waals surface area contributed by atoms with Crippen molar-refractivity contribution < 1.29 is 13.2 Å². The van der Waals surface area contributed by atoms with Gasteiger partial charge in [-0.25, -0.2) is 13.1 Å². The lowest BCUT2D eigenvalue weighted by atomic mass is 9.97. The van der Waals surface area contributed by atoms with Crippen LogP contribution in [0.2, 0.25) is 0 Å². The van der Waals surface area contributed by atoms with Gasteiger partial charge in [-0.05, 0) is 49.8 Å². The molecule has 0 amide bonds. The van der Waals surface area contributed by atoms with Crippen molar-refractivity contribution in [3.8, 4) is 0 Å². The van der Waals surface area contributed by atoms with Crippen LogP contribution in [0, 0.1) is 0 Å². The maximum atomic E-state index is 12.2. The fraction of sp³-hybridized carbons (Fsp3) is 0.550. The van der Waals surface area contributed by atoms with Gasteiger partial charge in [-0.3, -0.25) is 4.99 Å². The molecule has 0 saturated carbocycles. The Morgan fingerprint density at radius 3 is 2.57 bits per heavy atom. The molecule has 0 saturated heterocycles. The minimum Gasteiger partial charge on any atom is -0.383 e. The number of hydrogen-bond donors (Lipinski definition) is 3. The van der Waals surface area contributed by atoms with Crippen molar-refractivity contribution in [2.45, 2.75) is 43.5 Å². The zero-order chi connectivity index (χ0) is 20.2. The molecule has 0 atom stereocenters. The molecule has 0 aromatic heterocycles.